The van der Waals surface area contributed by atoms with Crippen LogP contribution in [0.4, 0.5) is 5.82 Å². The molecule has 1 aliphatic heterocycles. The second-order valence-corrected chi connectivity index (χ2v) is 3.98. The van der Waals surface area contributed by atoms with Crippen LogP contribution < -0.4 is 9.88 Å². The Kier molecular flexibility index (Phi) is 2.30. The van der Waals surface area contributed by atoms with Gasteiger partial charge in [-0.2, -0.15) is 0 Å². The summed E-state index contributed by atoms with van der Waals surface area (Å²) in [5.41, 5.74) is 0. The molecule has 0 amide bonds. The van der Waals surface area contributed by atoms with Gasteiger partial charge in [-0.25, -0.2) is 4.57 Å². The number of aryl methyl sites for hydroxylation is 1. The minimum atomic E-state index is 1.10. The lowest BCUT2D eigenvalue weighted by atomic mass is 10.3. The number of halogens is 1. The third kappa shape index (κ3) is 1.61. The van der Waals surface area contributed by atoms with Crippen LogP contribution in [-0.4, -0.2) is 6.54 Å². The Labute approximate surface area is 80.7 Å². The van der Waals surface area contributed by atoms with E-state index in [0.29, 0.717) is 0 Å². The number of hydrogen-bond donors (Lipinski definition) is 1. The Bertz CT molecular complexity index is 286. The van der Waals surface area contributed by atoms with Crippen LogP contribution in [0.5, 0.6) is 0 Å². The smallest absolute Gasteiger partial charge is 0.274 e. The topological polar surface area (TPSA) is 15.9 Å². The van der Waals surface area contributed by atoms with Gasteiger partial charge in [0, 0.05) is 6.07 Å². The van der Waals surface area contributed by atoms with Crippen LogP contribution in [0.2, 0.25) is 0 Å². The number of nitrogens with one attached hydrogen (secondary N) is 1. The van der Waals surface area contributed by atoms with Crippen molar-refractivity contribution in [2.75, 3.05) is 11.9 Å². The molecule has 1 aromatic rings. The van der Waals surface area contributed by atoms with E-state index < -0.39 is 0 Å². The summed E-state index contributed by atoms with van der Waals surface area (Å²) in [7, 11) is 0. The third-order valence-electron chi connectivity index (χ3n) is 2.12. The fourth-order valence-corrected chi connectivity index (χ4v) is 1.86. The molecule has 2 heterocycles. The van der Waals surface area contributed by atoms with Crippen molar-refractivity contribution < 1.29 is 4.57 Å². The molecule has 0 radical (unpaired) electrons. The van der Waals surface area contributed by atoms with Gasteiger partial charge in [0.15, 0.2) is 0 Å². The van der Waals surface area contributed by atoms with E-state index in [4.69, 9.17) is 0 Å². The maximum atomic E-state index is 3.47. The number of pyridine rings is 1. The molecule has 1 N–H and O–H groups in total. The highest BCUT2D eigenvalue weighted by molar-refractivity contribution is 9.10. The third-order valence-corrected chi connectivity index (χ3v) is 2.59. The van der Waals surface area contributed by atoms with Crippen molar-refractivity contribution in [3.63, 3.8) is 0 Å². The van der Waals surface area contributed by atoms with E-state index in [9.17, 15) is 0 Å². The molecular weight excluding hydrogens is 216 g/mol. The minimum absolute atomic E-state index is 1.10. The highest BCUT2D eigenvalue weighted by Crippen LogP contribution is 2.11. The molecule has 0 spiro atoms. The van der Waals surface area contributed by atoms with Gasteiger partial charge >= 0.3 is 0 Å². The largest absolute Gasteiger partial charge is 0.274 e. The molecule has 0 bridgehead atoms. The van der Waals surface area contributed by atoms with Crippen LogP contribution in [0, 0.1) is 0 Å². The van der Waals surface area contributed by atoms with Crippen molar-refractivity contribution >= 4 is 21.7 Å². The van der Waals surface area contributed by atoms with Gasteiger partial charge in [0.05, 0.1) is 17.6 Å². The molecule has 64 valence electrons. The Balaban J connectivity index is 2.36. The zero-order valence-electron chi connectivity index (χ0n) is 6.89. The van der Waals surface area contributed by atoms with E-state index in [1.807, 2.05) is 0 Å². The van der Waals surface area contributed by atoms with Crippen molar-refractivity contribution in [2.45, 2.75) is 19.4 Å². The summed E-state index contributed by atoms with van der Waals surface area (Å²) in [6, 6.07) is 4.19. The molecule has 0 unspecified atom stereocenters. The Morgan fingerprint density at radius 1 is 1.33 bits per heavy atom. The summed E-state index contributed by atoms with van der Waals surface area (Å²) >= 11 is 3.47. The van der Waals surface area contributed by atoms with Gasteiger partial charge in [0.25, 0.3) is 5.82 Å². The number of anilines is 1. The molecule has 0 fully saturated rings. The standard InChI is InChI=1S/C9H11BrN2/c10-8-3-4-9-11-5-1-2-6-12(9)7-8/h3-4,7H,1-2,5-6H2/p+1. The van der Waals surface area contributed by atoms with Gasteiger partial charge in [0.1, 0.15) is 6.20 Å². The Hall–Kier alpha value is -0.570. The van der Waals surface area contributed by atoms with Gasteiger partial charge in [-0.1, -0.05) is 0 Å². The van der Waals surface area contributed by atoms with Crippen LogP contribution in [0.25, 0.3) is 0 Å². The predicted molar refractivity (Wildman–Crippen MR) is 52.1 cm³/mol. The first-order valence-corrected chi connectivity index (χ1v) is 5.08. The average molecular weight is 228 g/mol. The van der Waals surface area contributed by atoms with Gasteiger partial charge in [-0.3, -0.25) is 5.32 Å². The van der Waals surface area contributed by atoms with E-state index in [1.165, 1.54) is 18.7 Å². The summed E-state index contributed by atoms with van der Waals surface area (Å²) in [5.74, 6) is 1.23. The fraction of sp³-hybridized carbons (Fsp3) is 0.444. The molecule has 0 atom stereocenters. The molecule has 1 aromatic heterocycles. The summed E-state index contributed by atoms with van der Waals surface area (Å²) in [4.78, 5) is 0. The van der Waals surface area contributed by atoms with Crippen LogP contribution in [0.15, 0.2) is 22.8 Å². The fourth-order valence-electron chi connectivity index (χ4n) is 1.48. The Morgan fingerprint density at radius 2 is 2.25 bits per heavy atom. The molecule has 0 aromatic carbocycles. The summed E-state index contributed by atoms with van der Waals surface area (Å²) in [6.07, 6.45) is 4.66. The molecule has 3 heteroatoms. The number of hydrogen-bond acceptors (Lipinski definition) is 1. The van der Waals surface area contributed by atoms with Crippen LogP contribution in [0.1, 0.15) is 12.8 Å². The molecule has 0 saturated carbocycles. The molecular formula is C9H12BrN2+. The first-order chi connectivity index (χ1) is 5.86. The lowest BCUT2D eigenvalue weighted by Gasteiger charge is -2.01. The predicted octanol–water partition coefficient (Wildman–Crippen LogP) is 1.94. The second-order valence-electron chi connectivity index (χ2n) is 3.06. The lowest BCUT2D eigenvalue weighted by Crippen LogP contribution is -2.35. The second kappa shape index (κ2) is 3.44. The monoisotopic (exact) mass is 227 g/mol. The highest BCUT2D eigenvalue weighted by Gasteiger charge is 2.11. The van der Waals surface area contributed by atoms with E-state index in [1.54, 1.807) is 0 Å². The van der Waals surface area contributed by atoms with Gasteiger partial charge in [-0.05, 0) is 34.8 Å². The summed E-state index contributed by atoms with van der Waals surface area (Å²) in [5, 5.41) is 3.39. The quantitative estimate of drug-likeness (QED) is 0.671. The van der Waals surface area contributed by atoms with Crippen molar-refractivity contribution in [1.29, 1.82) is 0 Å². The summed E-state index contributed by atoms with van der Waals surface area (Å²) < 4.78 is 3.41. The van der Waals surface area contributed by atoms with Crippen LogP contribution >= 0.6 is 15.9 Å². The average Bonchev–Trinajstić information content (AvgIpc) is 2.28. The SMILES string of the molecule is Brc1ccc2[n+](c1)CCCCN2. The molecule has 0 aliphatic carbocycles. The maximum Gasteiger partial charge on any atom is 0.274 e. The van der Waals surface area contributed by atoms with Crippen molar-refractivity contribution in [3.8, 4) is 0 Å². The number of aromatic nitrogens is 1. The zero-order chi connectivity index (χ0) is 8.39. The molecule has 1 aliphatic rings. The first kappa shape index (κ1) is 8.05. The molecule has 12 heavy (non-hydrogen) atoms. The number of rotatable bonds is 0. The van der Waals surface area contributed by atoms with Crippen LogP contribution in [-0.2, 0) is 6.54 Å². The van der Waals surface area contributed by atoms with Crippen molar-refractivity contribution in [2.24, 2.45) is 0 Å². The summed E-state index contributed by atoms with van der Waals surface area (Å²) in [6.45, 7) is 2.23. The van der Waals surface area contributed by atoms with E-state index in [2.05, 4.69) is 44.1 Å². The van der Waals surface area contributed by atoms with Gasteiger partial charge in [0.2, 0.25) is 0 Å². The lowest BCUT2D eigenvalue weighted by molar-refractivity contribution is -0.683. The molecule has 2 rings (SSSR count). The maximum absolute atomic E-state index is 3.47. The number of fused-ring (bicyclic) bond motifs is 1. The molecule has 2 nitrogen and oxygen atoms in total. The Morgan fingerprint density at radius 3 is 3.17 bits per heavy atom. The normalized spacial score (nSPS) is 16.1. The highest BCUT2D eigenvalue weighted by atomic mass is 79.9. The van der Waals surface area contributed by atoms with E-state index >= 15 is 0 Å². The first-order valence-electron chi connectivity index (χ1n) is 4.29. The van der Waals surface area contributed by atoms with Crippen LogP contribution in [0.3, 0.4) is 0 Å². The van der Waals surface area contributed by atoms with Crippen molar-refractivity contribution in [3.05, 3.63) is 22.8 Å². The van der Waals surface area contributed by atoms with Crippen molar-refractivity contribution in [1.82, 2.24) is 0 Å². The van der Waals surface area contributed by atoms with Gasteiger partial charge in [-0.15, -0.1) is 0 Å². The zero-order valence-corrected chi connectivity index (χ0v) is 8.47. The van der Waals surface area contributed by atoms with E-state index in [-0.39, 0.29) is 0 Å². The minimum Gasteiger partial charge on any atom is -0.274 e. The molecule has 0 saturated heterocycles. The number of nitrogens with zero attached hydrogens (tertiary/aromatic N) is 1. The van der Waals surface area contributed by atoms with E-state index in [0.717, 1.165) is 17.6 Å². The van der Waals surface area contributed by atoms with Gasteiger partial charge < -0.3 is 0 Å².